The lowest BCUT2D eigenvalue weighted by atomic mass is 9.43. The summed E-state index contributed by atoms with van der Waals surface area (Å²) >= 11 is 0. The van der Waals surface area contributed by atoms with Crippen molar-refractivity contribution in [2.24, 2.45) is 58.2 Å². The van der Waals surface area contributed by atoms with E-state index in [1.165, 1.54) is 31.3 Å². The van der Waals surface area contributed by atoms with Gasteiger partial charge in [-0.2, -0.15) is 0 Å². The third-order valence-corrected chi connectivity index (χ3v) is 11.4. The van der Waals surface area contributed by atoms with Crippen LogP contribution in [0.5, 0.6) is 0 Å². The Hall–Kier alpha value is -1.12. The number of carbonyl (C=O) groups excluding carboxylic acids is 2. The van der Waals surface area contributed by atoms with Crippen LogP contribution in [0.3, 0.4) is 0 Å². The van der Waals surface area contributed by atoms with Gasteiger partial charge in [0.1, 0.15) is 5.60 Å². The molecular weight excluding hydrogens is 348 g/mol. The molecule has 150 valence electrons. The Morgan fingerprint density at radius 1 is 1.07 bits per heavy atom. The van der Waals surface area contributed by atoms with Crippen molar-refractivity contribution in [1.29, 1.82) is 0 Å². The summed E-state index contributed by atoms with van der Waals surface area (Å²) in [5.74, 6) is 6.02. The molecule has 1 spiro atoms. The number of hydrogen-bond donors (Lipinski definition) is 0. The molecule has 5 saturated carbocycles. The summed E-state index contributed by atoms with van der Waals surface area (Å²) in [4.78, 5) is 24.6. The van der Waals surface area contributed by atoms with E-state index in [1.807, 2.05) is 0 Å². The van der Waals surface area contributed by atoms with Gasteiger partial charge in [-0.05, 0) is 85.0 Å². The summed E-state index contributed by atoms with van der Waals surface area (Å²) in [5, 5.41) is 0. The first kappa shape index (κ1) is 16.7. The highest BCUT2D eigenvalue weighted by molar-refractivity contribution is 5.92. The second kappa shape index (κ2) is 4.62. The molecule has 0 N–H and O–H groups in total. The van der Waals surface area contributed by atoms with Gasteiger partial charge in [-0.3, -0.25) is 9.59 Å². The van der Waals surface area contributed by atoms with E-state index >= 15 is 0 Å². The molecule has 0 amide bonds. The van der Waals surface area contributed by atoms with Gasteiger partial charge in [0.05, 0.1) is 0 Å². The lowest BCUT2D eigenvalue weighted by Crippen LogP contribution is -2.58. The van der Waals surface area contributed by atoms with Crippen LogP contribution in [0.1, 0.15) is 65.7 Å². The molecule has 6 aliphatic carbocycles. The zero-order valence-electron chi connectivity index (χ0n) is 17.4. The fraction of sp³-hybridized carbons (Fsp3) is 0.840. The van der Waals surface area contributed by atoms with Crippen LogP contribution in [-0.4, -0.2) is 17.4 Å². The molecule has 0 aromatic heterocycles. The molecule has 0 radical (unpaired) electrons. The fourth-order valence-electron chi connectivity index (χ4n) is 10.1. The molecule has 3 nitrogen and oxygen atoms in total. The van der Waals surface area contributed by atoms with Gasteiger partial charge >= 0.3 is 5.97 Å². The number of esters is 1. The maximum absolute atomic E-state index is 12.4. The lowest BCUT2D eigenvalue weighted by Gasteiger charge is -2.61. The Morgan fingerprint density at radius 2 is 1.89 bits per heavy atom. The van der Waals surface area contributed by atoms with Crippen molar-refractivity contribution in [3.05, 3.63) is 11.6 Å². The van der Waals surface area contributed by atoms with E-state index in [4.69, 9.17) is 4.74 Å². The molecule has 7 aliphatic rings. The zero-order chi connectivity index (χ0) is 19.2. The highest BCUT2D eigenvalue weighted by atomic mass is 16.6. The predicted molar refractivity (Wildman–Crippen MR) is 104 cm³/mol. The van der Waals surface area contributed by atoms with Crippen LogP contribution in [0.2, 0.25) is 0 Å². The number of ketones is 1. The normalized spacial score (nSPS) is 62.9. The fourth-order valence-corrected chi connectivity index (χ4v) is 10.1. The van der Waals surface area contributed by atoms with Crippen molar-refractivity contribution < 1.29 is 14.3 Å². The monoisotopic (exact) mass is 380 g/mol. The van der Waals surface area contributed by atoms with Crippen LogP contribution in [0.15, 0.2) is 11.6 Å². The number of hydrogen-bond acceptors (Lipinski definition) is 3. The summed E-state index contributed by atoms with van der Waals surface area (Å²) < 4.78 is 6.24. The van der Waals surface area contributed by atoms with Gasteiger partial charge in [-0.15, -0.1) is 0 Å². The quantitative estimate of drug-likeness (QED) is 0.579. The predicted octanol–water partition coefficient (Wildman–Crippen LogP) is 4.55. The molecule has 1 heterocycles. The van der Waals surface area contributed by atoms with Gasteiger partial charge in [-0.1, -0.05) is 26.3 Å². The largest absolute Gasteiger partial charge is 0.458 e. The molecular formula is C25H32O3. The Balaban J connectivity index is 1.34. The molecule has 1 saturated heterocycles. The molecule has 0 aromatic carbocycles. The maximum Gasteiger partial charge on any atom is 0.306 e. The first-order valence-electron chi connectivity index (χ1n) is 11.8. The van der Waals surface area contributed by atoms with Gasteiger partial charge in [0.25, 0.3) is 0 Å². The van der Waals surface area contributed by atoms with Crippen LogP contribution < -0.4 is 0 Å². The van der Waals surface area contributed by atoms with Crippen molar-refractivity contribution >= 4 is 11.8 Å². The Labute approximate surface area is 167 Å². The van der Waals surface area contributed by atoms with Gasteiger partial charge in [-0.25, -0.2) is 0 Å². The smallest absolute Gasteiger partial charge is 0.306 e. The summed E-state index contributed by atoms with van der Waals surface area (Å²) in [6.45, 7) is 7.35. The van der Waals surface area contributed by atoms with E-state index in [-0.39, 0.29) is 22.4 Å². The second-order valence-electron chi connectivity index (χ2n) is 12.0. The molecule has 0 aromatic rings. The summed E-state index contributed by atoms with van der Waals surface area (Å²) in [5.41, 5.74) is 1.79. The average Bonchev–Trinajstić information content (AvgIpc) is 3.54. The minimum Gasteiger partial charge on any atom is -0.458 e. The van der Waals surface area contributed by atoms with Gasteiger partial charge in [0.2, 0.25) is 0 Å². The van der Waals surface area contributed by atoms with Gasteiger partial charge in [0.15, 0.2) is 5.78 Å². The first-order valence-corrected chi connectivity index (χ1v) is 11.8. The summed E-state index contributed by atoms with van der Waals surface area (Å²) in [6, 6.07) is 0. The Morgan fingerprint density at radius 3 is 2.64 bits per heavy atom. The highest BCUT2D eigenvalue weighted by Crippen LogP contribution is 2.82. The standard InChI is InChI=1S/C25H32O3/c1-12-8-13(26)9-18-14-10-15(14)21-17(24(12,18)3)4-6-23(2)22(21)16-11-19(16)25(23)7-5-20(27)28-25/h9,12,14-17,19,21-22H,4-8,10-11H2,1-3H3/t12-,14?,15?,16?,17?,19?,21?,22?,23?,24?,25-/m0/s1. The van der Waals surface area contributed by atoms with Crippen molar-refractivity contribution in [3.63, 3.8) is 0 Å². The van der Waals surface area contributed by atoms with Gasteiger partial charge in [0, 0.05) is 24.2 Å². The number of rotatable bonds is 0. The van der Waals surface area contributed by atoms with Crippen LogP contribution in [0.25, 0.3) is 0 Å². The van der Waals surface area contributed by atoms with Crippen molar-refractivity contribution in [2.45, 2.75) is 71.3 Å². The average molecular weight is 381 g/mol. The first-order chi connectivity index (χ1) is 13.3. The lowest BCUT2D eigenvalue weighted by molar-refractivity contribution is -0.178. The molecule has 3 heteroatoms. The number of ether oxygens (including phenoxy) is 1. The number of carbonyl (C=O) groups is 2. The third-order valence-electron chi connectivity index (χ3n) is 11.4. The SMILES string of the molecule is C[C@H]1CC(=O)C=C2C3CC3C3C(CCC4(C)C3C3CC3[C@@]43CCC(=O)O3)C21C. The second-order valence-corrected chi connectivity index (χ2v) is 12.0. The van der Waals surface area contributed by atoms with E-state index in [2.05, 4.69) is 26.8 Å². The summed E-state index contributed by atoms with van der Waals surface area (Å²) in [6.07, 6.45) is 9.47. The number of allylic oxidation sites excluding steroid dienone is 1. The Bertz CT molecular complexity index is 858. The van der Waals surface area contributed by atoms with Crippen LogP contribution in [-0.2, 0) is 14.3 Å². The van der Waals surface area contributed by atoms with E-state index in [0.717, 1.165) is 42.4 Å². The van der Waals surface area contributed by atoms with E-state index < -0.39 is 0 Å². The van der Waals surface area contributed by atoms with Crippen LogP contribution in [0.4, 0.5) is 0 Å². The van der Waals surface area contributed by atoms with Crippen LogP contribution in [0, 0.1) is 58.2 Å². The maximum atomic E-state index is 12.4. The minimum absolute atomic E-state index is 0.0548. The molecule has 0 bridgehead atoms. The molecule has 9 unspecified atom stereocenters. The molecule has 6 fully saturated rings. The van der Waals surface area contributed by atoms with E-state index in [0.29, 0.717) is 30.0 Å². The third kappa shape index (κ3) is 1.58. The number of fused-ring (bicyclic) bond motifs is 12. The minimum atomic E-state index is -0.139. The van der Waals surface area contributed by atoms with Crippen molar-refractivity contribution in [1.82, 2.24) is 0 Å². The highest BCUT2D eigenvalue weighted by Gasteiger charge is 2.81. The van der Waals surface area contributed by atoms with Gasteiger partial charge < -0.3 is 4.74 Å². The van der Waals surface area contributed by atoms with Crippen molar-refractivity contribution in [3.8, 4) is 0 Å². The zero-order valence-corrected chi connectivity index (χ0v) is 17.4. The Kier molecular flexibility index (Phi) is 2.75. The van der Waals surface area contributed by atoms with Crippen LogP contribution >= 0.6 is 0 Å². The molecule has 1 aliphatic heterocycles. The summed E-state index contributed by atoms with van der Waals surface area (Å²) in [7, 11) is 0. The topological polar surface area (TPSA) is 43.4 Å². The van der Waals surface area contributed by atoms with E-state index in [9.17, 15) is 9.59 Å². The molecule has 11 atom stereocenters. The molecule has 28 heavy (non-hydrogen) atoms. The molecule has 7 rings (SSSR count). The van der Waals surface area contributed by atoms with E-state index in [1.54, 1.807) is 0 Å². The van der Waals surface area contributed by atoms with Crippen molar-refractivity contribution in [2.75, 3.05) is 0 Å².